The van der Waals surface area contributed by atoms with Gasteiger partial charge in [-0.2, -0.15) is 5.10 Å². The Morgan fingerprint density at radius 1 is 1.41 bits per heavy atom. The van der Waals surface area contributed by atoms with Crippen LogP contribution in [0.3, 0.4) is 0 Å². The molecule has 4 nitrogen and oxygen atoms in total. The molecule has 1 N–H and O–H groups in total. The van der Waals surface area contributed by atoms with E-state index in [1.54, 1.807) is 13.3 Å². The lowest BCUT2D eigenvalue weighted by Crippen LogP contribution is -2.29. The molecule has 0 aliphatic rings. The molecule has 0 fully saturated rings. The summed E-state index contributed by atoms with van der Waals surface area (Å²) in [5.74, 6) is 2.01. The van der Waals surface area contributed by atoms with Gasteiger partial charge in [-0.15, -0.1) is 0 Å². The second-order valence-corrected chi connectivity index (χ2v) is 4.78. The first-order chi connectivity index (χ1) is 8.06. The minimum Gasteiger partial charge on any atom is -0.493 e. The van der Waals surface area contributed by atoms with E-state index in [0.717, 1.165) is 18.0 Å². The minimum absolute atomic E-state index is 0.271. The molecule has 1 rings (SSSR count). The van der Waals surface area contributed by atoms with Crippen LogP contribution in [0.2, 0.25) is 0 Å². The van der Waals surface area contributed by atoms with Gasteiger partial charge >= 0.3 is 0 Å². The molecule has 0 saturated heterocycles. The molecule has 98 valence electrons. The first-order valence-corrected chi connectivity index (χ1v) is 6.33. The van der Waals surface area contributed by atoms with E-state index in [-0.39, 0.29) is 6.04 Å². The van der Waals surface area contributed by atoms with Crippen LogP contribution in [0.5, 0.6) is 5.75 Å². The molecule has 1 aromatic rings. The SMILES string of the molecule is CCn1ncc(OC)c1C(NC)C(C)C(C)C. The van der Waals surface area contributed by atoms with E-state index in [4.69, 9.17) is 4.74 Å². The van der Waals surface area contributed by atoms with Gasteiger partial charge in [-0.25, -0.2) is 0 Å². The smallest absolute Gasteiger partial charge is 0.161 e. The van der Waals surface area contributed by atoms with E-state index in [1.807, 2.05) is 11.7 Å². The lowest BCUT2D eigenvalue weighted by Gasteiger charge is -2.27. The average molecular weight is 239 g/mol. The Balaban J connectivity index is 3.13. The van der Waals surface area contributed by atoms with E-state index < -0.39 is 0 Å². The summed E-state index contributed by atoms with van der Waals surface area (Å²) in [5.41, 5.74) is 1.15. The molecule has 2 atom stereocenters. The highest BCUT2D eigenvalue weighted by Crippen LogP contribution is 2.33. The topological polar surface area (TPSA) is 39.1 Å². The lowest BCUT2D eigenvalue weighted by atomic mass is 9.88. The summed E-state index contributed by atoms with van der Waals surface area (Å²) in [6.07, 6.45) is 1.80. The highest BCUT2D eigenvalue weighted by Gasteiger charge is 2.27. The molecular formula is C13H25N3O. The molecule has 2 unspecified atom stereocenters. The average Bonchev–Trinajstić information content (AvgIpc) is 2.72. The third-order valence-electron chi connectivity index (χ3n) is 3.55. The minimum atomic E-state index is 0.271. The molecule has 0 saturated carbocycles. The molecule has 17 heavy (non-hydrogen) atoms. The molecule has 1 heterocycles. The first-order valence-electron chi connectivity index (χ1n) is 6.33. The summed E-state index contributed by atoms with van der Waals surface area (Å²) in [6, 6.07) is 0.271. The summed E-state index contributed by atoms with van der Waals surface area (Å²) in [6.45, 7) is 9.71. The van der Waals surface area contributed by atoms with E-state index in [0.29, 0.717) is 11.8 Å². The zero-order chi connectivity index (χ0) is 13.0. The molecule has 1 aromatic heterocycles. The summed E-state index contributed by atoms with van der Waals surface area (Å²) in [4.78, 5) is 0. The predicted molar refractivity (Wildman–Crippen MR) is 70.3 cm³/mol. The van der Waals surface area contributed by atoms with Gasteiger partial charge in [0.15, 0.2) is 5.75 Å². The van der Waals surface area contributed by atoms with Crippen LogP contribution >= 0.6 is 0 Å². The third-order valence-corrected chi connectivity index (χ3v) is 3.55. The van der Waals surface area contributed by atoms with Crippen molar-refractivity contribution in [3.05, 3.63) is 11.9 Å². The highest BCUT2D eigenvalue weighted by molar-refractivity contribution is 5.29. The number of aromatic nitrogens is 2. The second kappa shape index (κ2) is 6.05. The number of methoxy groups -OCH3 is 1. The Kier molecular flexibility index (Phi) is 5.00. The van der Waals surface area contributed by atoms with Gasteiger partial charge in [0, 0.05) is 6.54 Å². The largest absolute Gasteiger partial charge is 0.493 e. The van der Waals surface area contributed by atoms with Crippen LogP contribution in [-0.2, 0) is 6.54 Å². The molecule has 0 aliphatic carbocycles. The van der Waals surface area contributed by atoms with Crippen molar-refractivity contribution in [1.82, 2.24) is 15.1 Å². The van der Waals surface area contributed by atoms with Gasteiger partial charge in [-0.05, 0) is 25.8 Å². The highest BCUT2D eigenvalue weighted by atomic mass is 16.5. The van der Waals surface area contributed by atoms with Crippen LogP contribution in [0.1, 0.15) is 39.4 Å². The van der Waals surface area contributed by atoms with Crippen molar-refractivity contribution in [1.29, 1.82) is 0 Å². The van der Waals surface area contributed by atoms with Gasteiger partial charge in [0.1, 0.15) is 0 Å². The third kappa shape index (κ3) is 2.80. The Morgan fingerprint density at radius 3 is 2.47 bits per heavy atom. The number of nitrogens with one attached hydrogen (secondary N) is 1. The summed E-state index contributed by atoms with van der Waals surface area (Å²) in [7, 11) is 3.70. The molecule has 0 spiro atoms. The Hall–Kier alpha value is -1.03. The first kappa shape index (κ1) is 14.0. The van der Waals surface area contributed by atoms with Gasteiger partial charge in [-0.1, -0.05) is 20.8 Å². The Bertz CT molecular complexity index is 325. The van der Waals surface area contributed by atoms with Crippen molar-refractivity contribution in [2.24, 2.45) is 11.8 Å². The van der Waals surface area contributed by atoms with Crippen LogP contribution < -0.4 is 10.1 Å². The van der Waals surface area contributed by atoms with Crippen LogP contribution in [-0.4, -0.2) is 23.9 Å². The molecule has 0 aliphatic heterocycles. The van der Waals surface area contributed by atoms with E-state index in [9.17, 15) is 0 Å². The van der Waals surface area contributed by atoms with E-state index in [2.05, 4.69) is 38.1 Å². The Labute approximate surface area is 104 Å². The molecule has 4 heteroatoms. The fraction of sp³-hybridized carbons (Fsp3) is 0.769. The summed E-state index contributed by atoms with van der Waals surface area (Å²) >= 11 is 0. The van der Waals surface area contributed by atoms with E-state index >= 15 is 0 Å². The van der Waals surface area contributed by atoms with Crippen LogP contribution in [0.25, 0.3) is 0 Å². The van der Waals surface area contributed by atoms with Crippen molar-refractivity contribution in [2.75, 3.05) is 14.2 Å². The fourth-order valence-corrected chi connectivity index (χ4v) is 2.13. The number of ether oxygens (including phenoxy) is 1. The van der Waals surface area contributed by atoms with Crippen LogP contribution in [0, 0.1) is 11.8 Å². The predicted octanol–water partition coefficient (Wildman–Crippen LogP) is 2.46. The van der Waals surface area contributed by atoms with Gasteiger partial charge in [-0.3, -0.25) is 4.68 Å². The molecule has 0 bridgehead atoms. The maximum atomic E-state index is 5.42. The van der Waals surface area contributed by atoms with Gasteiger partial charge < -0.3 is 10.1 Å². The van der Waals surface area contributed by atoms with Crippen molar-refractivity contribution in [2.45, 2.75) is 40.3 Å². The van der Waals surface area contributed by atoms with Gasteiger partial charge in [0.05, 0.1) is 25.0 Å². The zero-order valence-corrected chi connectivity index (χ0v) is 11.8. The second-order valence-electron chi connectivity index (χ2n) is 4.78. The summed E-state index contributed by atoms with van der Waals surface area (Å²) in [5, 5.41) is 7.76. The maximum absolute atomic E-state index is 5.42. The lowest BCUT2D eigenvalue weighted by molar-refractivity contribution is 0.292. The summed E-state index contributed by atoms with van der Waals surface area (Å²) < 4.78 is 7.43. The maximum Gasteiger partial charge on any atom is 0.161 e. The monoisotopic (exact) mass is 239 g/mol. The van der Waals surface area contributed by atoms with Crippen LogP contribution in [0.4, 0.5) is 0 Å². The quantitative estimate of drug-likeness (QED) is 0.829. The van der Waals surface area contributed by atoms with Crippen molar-refractivity contribution in [3.8, 4) is 5.75 Å². The number of aryl methyl sites for hydroxylation is 1. The van der Waals surface area contributed by atoms with Gasteiger partial charge in [0.2, 0.25) is 0 Å². The van der Waals surface area contributed by atoms with Gasteiger partial charge in [0.25, 0.3) is 0 Å². The van der Waals surface area contributed by atoms with Crippen molar-refractivity contribution >= 4 is 0 Å². The Morgan fingerprint density at radius 2 is 2.06 bits per heavy atom. The van der Waals surface area contributed by atoms with Crippen molar-refractivity contribution < 1.29 is 4.74 Å². The normalized spacial score (nSPS) is 15.0. The number of nitrogens with zero attached hydrogens (tertiary/aromatic N) is 2. The molecule has 0 radical (unpaired) electrons. The fourth-order valence-electron chi connectivity index (χ4n) is 2.13. The van der Waals surface area contributed by atoms with E-state index in [1.165, 1.54) is 0 Å². The molecular weight excluding hydrogens is 214 g/mol. The number of hydrogen-bond donors (Lipinski definition) is 1. The molecule has 0 aromatic carbocycles. The number of rotatable bonds is 6. The number of hydrogen-bond acceptors (Lipinski definition) is 3. The molecule has 0 amide bonds. The van der Waals surface area contributed by atoms with Crippen LogP contribution in [0.15, 0.2) is 6.20 Å². The standard InChI is InChI=1S/C13H25N3O/c1-7-16-13(11(17-6)8-15-16)12(14-5)10(4)9(2)3/h8-10,12,14H,7H2,1-6H3. The zero-order valence-electron chi connectivity index (χ0n) is 11.8. The van der Waals surface area contributed by atoms with Crippen molar-refractivity contribution in [3.63, 3.8) is 0 Å².